The van der Waals surface area contributed by atoms with Crippen LogP contribution < -0.4 is 0 Å². The zero-order valence-corrected chi connectivity index (χ0v) is 8.93. The van der Waals surface area contributed by atoms with Crippen LogP contribution in [0, 0.1) is 11.5 Å². The molecular weight excluding hydrogens is 168 g/mol. The van der Waals surface area contributed by atoms with E-state index in [0.717, 1.165) is 6.08 Å². The predicted octanol–water partition coefficient (Wildman–Crippen LogP) is 1.90. The Balaban J connectivity index is 4.43. The lowest BCUT2D eigenvalue weighted by molar-refractivity contribution is -0.131. The lowest BCUT2D eigenvalue weighted by Crippen LogP contribution is -2.16. The van der Waals surface area contributed by atoms with Crippen molar-refractivity contribution in [1.29, 1.82) is 0 Å². The van der Waals surface area contributed by atoms with E-state index in [0.29, 0.717) is 5.57 Å². The van der Waals surface area contributed by atoms with E-state index in [-0.39, 0.29) is 0 Å². The van der Waals surface area contributed by atoms with Gasteiger partial charge in [-0.3, -0.25) is 0 Å². The van der Waals surface area contributed by atoms with E-state index in [1.807, 2.05) is 0 Å². The Kier molecular flexibility index (Phi) is 3.77. The molecule has 0 aliphatic heterocycles. The van der Waals surface area contributed by atoms with Crippen molar-refractivity contribution in [2.75, 3.05) is 0 Å². The zero-order valence-electron chi connectivity index (χ0n) is 7.93. The van der Waals surface area contributed by atoms with Crippen molar-refractivity contribution >= 4 is 14.0 Å². The summed E-state index contributed by atoms with van der Waals surface area (Å²) in [6.07, 6.45) is 1.13. The number of hydrogen-bond donors (Lipinski definition) is 1. The maximum Gasteiger partial charge on any atom is 0.329 e. The molecule has 12 heavy (non-hydrogen) atoms. The molecule has 0 amide bonds. The van der Waals surface area contributed by atoms with Crippen molar-refractivity contribution < 1.29 is 9.90 Å². The highest BCUT2D eigenvalue weighted by molar-refractivity contribution is 6.83. The fourth-order valence-electron chi connectivity index (χ4n) is 0.507. The second kappa shape index (κ2) is 4.12. The number of allylic oxidation sites excluding steroid dienone is 1. The summed E-state index contributed by atoms with van der Waals surface area (Å²) in [5.41, 5.74) is 3.70. The van der Waals surface area contributed by atoms with E-state index in [4.69, 9.17) is 5.11 Å². The molecule has 0 aliphatic carbocycles. The molecule has 66 valence electrons. The predicted molar refractivity (Wildman–Crippen MR) is 52.5 cm³/mol. The van der Waals surface area contributed by atoms with E-state index >= 15 is 0 Å². The summed E-state index contributed by atoms with van der Waals surface area (Å²) in [5.74, 6) is 1.91. The quantitative estimate of drug-likeness (QED) is 0.382. The average molecular weight is 182 g/mol. The minimum Gasteiger partial charge on any atom is -0.478 e. The number of rotatable bonds is 1. The maximum atomic E-state index is 10.2. The molecule has 0 aromatic rings. The lowest BCUT2D eigenvalue weighted by atomic mass is 10.3. The van der Waals surface area contributed by atoms with Gasteiger partial charge in [0.1, 0.15) is 8.07 Å². The van der Waals surface area contributed by atoms with Gasteiger partial charge < -0.3 is 5.11 Å². The van der Waals surface area contributed by atoms with E-state index in [1.165, 1.54) is 0 Å². The molecule has 0 fully saturated rings. The molecule has 0 unspecified atom stereocenters. The van der Waals surface area contributed by atoms with Gasteiger partial charge in [-0.05, 0) is 6.92 Å². The number of hydrogen-bond acceptors (Lipinski definition) is 1. The van der Waals surface area contributed by atoms with Gasteiger partial charge in [0, 0.05) is 11.6 Å². The van der Waals surface area contributed by atoms with Crippen LogP contribution in [-0.4, -0.2) is 19.1 Å². The molecule has 0 aromatic carbocycles. The summed E-state index contributed by atoms with van der Waals surface area (Å²) in [4.78, 5) is 10.2. The Hall–Kier alpha value is -1.01. The van der Waals surface area contributed by atoms with Crippen LogP contribution in [0.3, 0.4) is 0 Å². The highest BCUT2D eigenvalue weighted by atomic mass is 28.3. The molecule has 3 heteroatoms. The summed E-state index contributed by atoms with van der Waals surface area (Å²) < 4.78 is 0. The van der Waals surface area contributed by atoms with Gasteiger partial charge in [0.25, 0.3) is 0 Å². The highest BCUT2D eigenvalue weighted by Crippen LogP contribution is 1.98. The Bertz CT molecular complexity index is 260. The van der Waals surface area contributed by atoms with Gasteiger partial charge in [0.2, 0.25) is 0 Å². The van der Waals surface area contributed by atoms with Gasteiger partial charge in [-0.15, -0.1) is 5.54 Å². The van der Waals surface area contributed by atoms with Crippen LogP contribution in [0.25, 0.3) is 0 Å². The first-order valence-corrected chi connectivity index (χ1v) is 7.26. The molecule has 0 rings (SSSR count). The van der Waals surface area contributed by atoms with Gasteiger partial charge >= 0.3 is 5.97 Å². The second-order valence-electron chi connectivity index (χ2n) is 3.67. The van der Waals surface area contributed by atoms with Crippen molar-refractivity contribution in [2.45, 2.75) is 26.6 Å². The third-order valence-corrected chi connectivity index (χ3v) is 1.85. The van der Waals surface area contributed by atoms with Crippen LogP contribution in [0.2, 0.25) is 19.6 Å². The van der Waals surface area contributed by atoms with E-state index < -0.39 is 14.0 Å². The topological polar surface area (TPSA) is 37.3 Å². The van der Waals surface area contributed by atoms with Crippen molar-refractivity contribution in [1.82, 2.24) is 0 Å². The summed E-state index contributed by atoms with van der Waals surface area (Å²) in [6.45, 7) is 8.07. The first-order valence-electron chi connectivity index (χ1n) is 3.76. The highest BCUT2D eigenvalue weighted by Gasteiger charge is 2.07. The SMILES string of the molecule is C/C(C#C[Si](C)(C)C)=C/C(=O)O. The Morgan fingerprint density at radius 2 is 1.92 bits per heavy atom. The smallest absolute Gasteiger partial charge is 0.329 e. The molecule has 0 radical (unpaired) electrons. The summed E-state index contributed by atoms with van der Waals surface area (Å²) >= 11 is 0. The van der Waals surface area contributed by atoms with Crippen LogP contribution in [-0.2, 0) is 4.79 Å². The number of carboxylic acids is 1. The average Bonchev–Trinajstić information content (AvgIpc) is 1.80. The van der Waals surface area contributed by atoms with Gasteiger partial charge in [-0.25, -0.2) is 4.79 Å². The molecule has 0 aliphatic rings. The molecule has 0 aromatic heterocycles. The molecule has 0 spiro atoms. The van der Waals surface area contributed by atoms with Gasteiger partial charge in [0.15, 0.2) is 0 Å². The third kappa shape index (κ3) is 7.10. The normalized spacial score (nSPS) is 11.8. The van der Waals surface area contributed by atoms with Crippen molar-refractivity contribution in [3.05, 3.63) is 11.6 Å². The minimum absolute atomic E-state index is 0.616. The molecular formula is C9H14O2Si. The first-order chi connectivity index (χ1) is 5.31. The fraction of sp³-hybridized carbons (Fsp3) is 0.444. The van der Waals surface area contributed by atoms with Crippen molar-refractivity contribution in [3.8, 4) is 11.5 Å². The third-order valence-electron chi connectivity index (χ3n) is 0.975. The Labute approximate surface area is 74.3 Å². The van der Waals surface area contributed by atoms with Gasteiger partial charge in [0.05, 0.1) is 0 Å². The van der Waals surface area contributed by atoms with E-state index in [2.05, 4.69) is 31.1 Å². The Morgan fingerprint density at radius 3 is 2.25 bits per heavy atom. The number of aliphatic carboxylic acids is 1. The standard InChI is InChI=1S/C9H14O2Si/c1-8(7-9(10)11)5-6-12(2,3)4/h7H,1-4H3,(H,10,11)/b8-7-. The summed E-state index contributed by atoms with van der Waals surface area (Å²) in [6, 6.07) is 0. The molecule has 0 atom stereocenters. The van der Waals surface area contributed by atoms with Gasteiger partial charge in [-0.1, -0.05) is 25.6 Å². The molecule has 0 heterocycles. The number of carboxylic acid groups (broad SMARTS) is 1. The monoisotopic (exact) mass is 182 g/mol. The second-order valence-corrected chi connectivity index (χ2v) is 8.42. The van der Waals surface area contributed by atoms with E-state index in [1.54, 1.807) is 6.92 Å². The fourth-order valence-corrected chi connectivity index (χ4v) is 1.08. The largest absolute Gasteiger partial charge is 0.478 e. The van der Waals surface area contributed by atoms with Crippen LogP contribution in [0.1, 0.15) is 6.92 Å². The van der Waals surface area contributed by atoms with Crippen molar-refractivity contribution in [2.24, 2.45) is 0 Å². The summed E-state index contributed by atoms with van der Waals surface area (Å²) in [7, 11) is -1.37. The number of carbonyl (C=O) groups is 1. The van der Waals surface area contributed by atoms with Crippen LogP contribution in [0.4, 0.5) is 0 Å². The summed E-state index contributed by atoms with van der Waals surface area (Å²) in [5, 5.41) is 8.38. The van der Waals surface area contributed by atoms with Crippen LogP contribution >= 0.6 is 0 Å². The molecule has 1 N–H and O–H groups in total. The minimum atomic E-state index is -1.37. The molecule has 0 saturated carbocycles. The lowest BCUT2D eigenvalue weighted by Gasteiger charge is -2.02. The van der Waals surface area contributed by atoms with Crippen LogP contribution in [0.15, 0.2) is 11.6 Å². The first kappa shape index (κ1) is 11.0. The van der Waals surface area contributed by atoms with Gasteiger partial charge in [-0.2, -0.15) is 0 Å². The Morgan fingerprint density at radius 1 is 1.42 bits per heavy atom. The zero-order chi connectivity index (χ0) is 9.78. The van der Waals surface area contributed by atoms with Crippen molar-refractivity contribution in [3.63, 3.8) is 0 Å². The molecule has 0 bridgehead atoms. The molecule has 0 saturated heterocycles. The van der Waals surface area contributed by atoms with E-state index in [9.17, 15) is 4.79 Å². The maximum absolute atomic E-state index is 10.2. The molecule has 2 nitrogen and oxygen atoms in total. The van der Waals surface area contributed by atoms with Crippen LogP contribution in [0.5, 0.6) is 0 Å².